The minimum Gasteiger partial charge on any atom is -0.475 e. The third-order valence-corrected chi connectivity index (χ3v) is 1.25. The van der Waals surface area contributed by atoms with Gasteiger partial charge in [-0.1, -0.05) is 0 Å². The first-order valence-electron chi connectivity index (χ1n) is 4.53. The standard InChI is InChI=1S/C6H12N2O3.C2HF3O2/c1-2-11-6(10)4(7)3-5(8)9;3-2(4,5)1(6)7/h4H,2-3,7H2,1H3,(H2,8,9);(H,6,7). The highest BCUT2D eigenvalue weighted by Crippen LogP contribution is 2.13. The maximum Gasteiger partial charge on any atom is 0.490 e. The van der Waals surface area contributed by atoms with Crippen LogP contribution in [0, 0.1) is 0 Å². The van der Waals surface area contributed by atoms with E-state index in [1.165, 1.54) is 0 Å². The average Bonchev–Trinajstić information content (AvgIpc) is 2.16. The van der Waals surface area contributed by atoms with Gasteiger partial charge in [0, 0.05) is 0 Å². The highest BCUT2D eigenvalue weighted by atomic mass is 19.4. The molecule has 0 spiro atoms. The lowest BCUT2D eigenvalue weighted by molar-refractivity contribution is -0.192. The van der Waals surface area contributed by atoms with Crippen molar-refractivity contribution in [2.45, 2.75) is 25.6 Å². The molecule has 0 aliphatic heterocycles. The van der Waals surface area contributed by atoms with Gasteiger partial charge in [0.05, 0.1) is 13.0 Å². The van der Waals surface area contributed by atoms with Crippen molar-refractivity contribution in [2.24, 2.45) is 11.5 Å². The number of primary amides is 1. The summed E-state index contributed by atoms with van der Waals surface area (Å²) in [5, 5.41) is 7.12. The molecule has 1 unspecified atom stereocenters. The minimum atomic E-state index is -5.08. The predicted molar refractivity (Wildman–Crippen MR) is 52.1 cm³/mol. The summed E-state index contributed by atoms with van der Waals surface area (Å²) in [5.74, 6) is -3.95. The lowest BCUT2D eigenvalue weighted by Crippen LogP contribution is -2.36. The van der Waals surface area contributed by atoms with Crippen LogP contribution >= 0.6 is 0 Å². The third kappa shape index (κ3) is 10.7. The molecule has 0 rings (SSSR count). The van der Waals surface area contributed by atoms with Crippen LogP contribution in [0.5, 0.6) is 0 Å². The van der Waals surface area contributed by atoms with Crippen LogP contribution in [-0.2, 0) is 19.1 Å². The molecule has 18 heavy (non-hydrogen) atoms. The van der Waals surface area contributed by atoms with E-state index in [0.29, 0.717) is 0 Å². The molecular formula is C8H13F3N2O5. The van der Waals surface area contributed by atoms with Gasteiger partial charge in [0.1, 0.15) is 6.04 Å². The van der Waals surface area contributed by atoms with E-state index in [2.05, 4.69) is 4.74 Å². The molecule has 0 aromatic carbocycles. The van der Waals surface area contributed by atoms with E-state index in [-0.39, 0.29) is 13.0 Å². The second-order valence-corrected chi connectivity index (χ2v) is 2.83. The smallest absolute Gasteiger partial charge is 0.475 e. The van der Waals surface area contributed by atoms with Gasteiger partial charge in [-0.25, -0.2) is 4.79 Å². The number of carbonyl (C=O) groups excluding carboxylic acids is 2. The van der Waals surface area contributed by atoms with Crippen LogP contribution in [0.4, 0.5) is 13.2 Å². The van der Waals surface area contributed by atoms with Crippen molar-refractivity contribution in [3.63, 3.8) is 0 Å². The van der Waals surface area contributed by atoms with Gasteiger partial charge in [-0.2, -0.15) is 13.2 Å². The molecule has 5 N–H and O–H groups in total. The molecule has 10 heteroatoms. The van der Waals surface area contributed by atoms with Crippen molar-refractivity contribution in [3.8, 4) is 0 Å². The Bertz CT molecular complexity index is 306. The van der Waals surface area contributed by atoms with E-state index in [4.69, 9.17) is 21.4 Å². The Morgan fingerprint density at radius 1 is 1.33 bits per heavy atom. The summed E-state index contributed by atoms with van der Waals surface area (Å²) in [7, 11) is 0. The molecule has 0 aromatic rings. The number of carboxylic acid groups (broad SMARTS) is 1. The second-order valence-electron chi connectivity index (χ2n) is 2.83. The summed E-state index contributed by atoms with van der Waals surface area (Å²) in [6.45, 7) is 1.92. The second kappa shape index (κ2) is 8.28. The van der Waals surface area contributed by atoms with Crippen molar-refractivity contribution < 1.29 is 37.4 Å². The summed E-state index contributed by atoms with van der Waals surface area (Å²) in [5.41, 5.74) is 10.0. The average molecular weight is 274 g/mol. The molecule has 0 aliphatic rings. The molecule has 0 aliphatic carbocycles. The number of halogens is 3. The van der Waals surface area contributed by atoms with E-state index >= 15 is 0 Å². The molecular weight excluding hydrogens is 261 g/mol. The van der Waals surface area contributed by atoms with Crippen LogP contribution in [0.2, 0.25) is 0 Å². The largest absolute Gasteiger partial charge is 0.490 e. The topological polar surface area (TPSA) is 133 Å². The molecule has 0 aromatic heterocycles. The quantitative estimate of drug-likeness (QED) is 0.585. The number of carboxylic acids is 1. The first-order chi connectivity index (χ1) is 8.02. The summed E-state index contributed by atoms with van der Waals surface area (Å²) in [6, 6.07) is -0.924. The van der Waals surface area contributed by atoms with Gasteiger partial charge in [0.2, 0.25) is 5.91 Å². The molecule has 0 saturated carbocycles. The number of ether oxygens (including phenoxy) is 1. The zero-order chi connectivity index (χ0) is 14.9. The van der Waals surface area contributed by atoms with Crippen LogP contribution < -0.4 is 11.5 Å². The fraction of sp³-hybridized carbons (Fsp3) is 0.625. The van der Waals surface area contributed by atoms with Crippen molar-refractivity contribution in [3.05, 3.63) is 0 Å². The predicted octanol–water partition coefficient (Wildman–Crippen LogP) is -0.614. The number of nitrogens with two attached hydrogens (primary N) is 2. The monoisotopic (exact) mass is 274 g/mol. The molecule has 106 valence electrons. The van der Waals surface area contributed by atoms with Gasteiger partial charge >= 0.3 is 18.1 Å². The van der Waals surface area contributed by atoms with Crippen LogP contribution in [0.1, 0.15) is 13.3 Å². The minimum absolute atomic E-state index is 0.168. The normalized spacial score (nSPS) is 11.8. The number of esters is 1. The molecule has 7 nitrogen and oxygen atoms in total. The van der Waals surface area contributed by atoms with E-state index < -0.39 is 30.1 Å². The zero-order valence-corrected chi connectivity index (χ0v) is 9.36. The molecule has 0 heterocycles. The number of carbonyl (C=O) groups is 3. The molecule has 1 atom stereocenters. The lowest BCUT2D eigenvalue weighted by Gasteiger charge is -2.06. The third-order valence-electron chi connectivity index (χ3n) is 1.25. The van der Waals surface area contributed by atoms with Crippen molar-refractivity contribution in [2.75, 3.05) is 6.61 Å². The highest BCUT2D eigenvalue weighted by Gasteiger charge is 2.38. The van der Waals surface area contributed by atoms with E-state index in [1.54, 1.807) is 6.92 Å². The van der Waals surface area contributed by atoms with E-state index in [1.807, 2.05) is 0 Å². The number of alkyl halides is 3. The van der Waals surface area contributed by atoms with Gasteiger partial charge in [0.25, 0.3) is 0 Å². The fourth-order valence-corrected chi connectivity index (χ4v) is 0.549. The Hall–Kier alpha value is -1.84. The zero-order valence-electron chi connectivity index (χ0n) is 9.36. The van der Waals surface area contributed by atoms with Crippen molar-refractivity contribution >= 4 is 17.8 Å². The van der Waals surface area contributed by atoms with Crippen molar-refractivity contribution in [1.29, 1.82) is 0 Å². The van der Waals surface area contributed by atoms with Crippen LogP contribution in [0.15, 0.2) is 0 Å². The molecule has 0 saturated heterocycles. The van der Waals surface area contributed by atoms with Gasteiger partial charge in [-0.3, -0.25) is 9.59 Å². The Morgan fingerprint density at radius 3 is 1.94 bits per heavy atom. The van der Waals surface area contributed by atoms with Gasteiger partial charge in [0.15, 0.2) is 0 Å². The maximum atomic E-state index is 10.7. The number of aliphatic carboxylic acids is 1. The maximum absolute atomic E-state index is 10.7. The SMILES string of the molecule is CCOC(=O)C(N)CC(N)=O.O=C(O)C(F)(F)F. The Balaban J connectivity index is 0. The highest BCUT2D eigenvalue weighted by molar-refractivity contribution is 5.84. The summed E-state index contributed by atoms with van der Waals surface area (Å²) in [6.07, 6.45) is -5.25. The van der Waals surface area contributed by atoms with Gasteiger partial charge in [-0.05, 0) is 6.92 Å². The van der Waals surface area contributed by atoms with Gasteiger partial charge < -0.3 is 21.3 Å². The van der Waals surface area contributed by atoms with E-state index in [0.717, 1.165) is 0 Å². The fourth-order valence-electron chi connectivity index (χ4n) is 0.549. The number of amides is 1. The molecule has 0 radical (unpaired) electrons. The Labute approximate surface area is 99.9 Å². The first kappa shape index (κ1) is 18.5. The molecule has 1 amide bonds. The lowest BCUT2D eigenvalue weighted by atomic mass is 10.2. The number of hydrogen-bond donors (Lipinski definition) is 3. The van der Waals surface area contributed by atoms with E-state index in [9.17, 15) is 22.8 Å². The number of hydrogen-bond acceptors (Lipinski definition) is 5. The van der Waals surface area contributed by atoms with Crippen molar-refractivity contribution in [1.82, 2.24) is 0 Å². The number of rotatable bonds is 4. The van der Waals surface area contributed by atoms with Gasteiger partial charge in [-0.15, -0.1) is 0 Å². The molecule has 0 fully saturated rings. The van der Waals surface area contributed by atoms with Crippen LogP contribution in [0.3, 0.4) is 0 Å². The van der Waals surface area contributed by atoms with Crippen LogP contribution in [0.25, 0.3) is 0 Å². The first-order valence-corrected chi connectivity index (χ1v) is 4.53. The summed E-state index contributed by atoms with van der Waals surface area (Å²) in [4.78, 5) is 29.9. The molecule has 0 bridgehead atoms. The summed E-state index contributed by atoms with van der Waals surface area (Å²) < 4.78 is 36.3. The Kier molecular flexibility index (Phi) is 8.52. The summed E-state index contributed by atoms with van der Waals surface area (Å²) >= 11 is 0. The Morgan fingerprint density at radius 2 is 1.72 bits per heavy atom. The van der Waals surface area contributed by atoms with Crippen LogP contribution in [-0.4, -0.2) is 41.8 Å².